The van der Waals surface area contributed by atoms with Crippen LogP contribution in [0.4, 0.5) is 48.3 Å². The van der Waals surface area contributed by atoms with Gasteiger partial charge < -0.3 is 0 Å². The van der Waals surface area contributed by atoms with E-state index >= 15 is 0 Å². The van der Waals surface area contributed by atoms with Crippen LogP contribution in [-0.4, -0.2) is 39.7 Å². The molecule has 0 radical (unpaired) electrons. The molecule has 1 aliphatic rings. The molecule has 20 heavy (non-hydrogen) atoms. The average Bonchev–Trinajstić information content (AvgIpc) is 2.26. The van der Waals surface area contributed by atoms with Gasteiger partial charge in [-0.3, -0.25) is 0 Å². The van der Waals surface area contributed by atoms with E-state index in [0.29, 0.717) is 0 Å². The molecule has 0 unspecified atom stereocenters. The number of alkyl halides is 12. The van der Waals surface area contributed by atoms with Crippen LogP contribution in [0.5, 0.6) is 0 Å². The fourth-order valence-corrected chi connectivity index (χ4v) is 2.47. The van der Waals surface area contributed by atoms with Crippen molar-refractivity contribution in [2.24, 2.45) is 0 Å². The monoisotopic (exact) mass is 436 g/mol. The van der Waals surface area contributed by atoms with Gasteiger partial charge in [0.25, 0.3) is 0 Å². The van der Waals surface area contributed by atoms with Crippen molar-refractivity contribution in [3.05, 3.63) is 0 Å². The van der Waals surface area contributed by atoms with E-state index < -0.39 is 46.1 Å². The predicted octanol–water partition coefficient (Wildman–Crippen LogP) is 4.71. The van der Waals surface area contributed by atoms with Crippen LogP contribution in [0.15, 0.2) is 0 Å². The molecule has 0 amide bonds. The Morgan fingerprint density at radius 1 is 0.500 bits per heavy atom. The predicted molar refractivity (Wildman–Crippen MR) is 52.1 cm³/mol. The summed E-state index contributed by atoms with van der Waals surface area (Å²) >= 11 is 0.982. The summed E-state index contributed by atoms with van der Waals surface area (Å²) in [6.45, 7) is 0. The maximum atomic E-state index is 13.7. The molecule has 0 spiro atoms. The fourth-order valence-electron chi connectivity index (χ4n) is 1.73. The molecule has 1 aliphatic carbocycles. The van der Waals surface area contributed by atoms with Crippen molar-refractivity contribution in [3.63, 3.8) is 0 Å². The number of hydrogen-bond acceptors (Lipinski definition) is 0. The second-order valence-corrected chi connectivity index (χ2v) is 5.19. The molecule has 12 heteroatoms. The molecule has 0 heterocycles. The van der Waals surface area contributed by atoms with Crippen LogP contribution in [0.3, 0.4) is 0 Å². The highest BCUT2D eigenvalue weighted by molar-refractivity contribution is 14.1. The van der Waals surface area contributed by atoms with E-state index in [1.165, 1.54) is 0 Å². The van der Waals surface area contributed by atoms with Crippen LogP contribution in [0.25, 0.3) is 0 Å². The van der Waals surface area contributed by atoms with E-state index in [4.69, 9.17) is 0 Å². The molecule has 0 bridgehead atoms. The van der Waals surface area contributed by atoms with Gasteiger partial charge in [-0.05, 0) is 0 Å². The topological polar surface area (TPSA) is 0 Å². The Kier molecular flexibility index (Phi) is 3.82. The van der Waals surface area contributed by atoms with Crippen molar-refractivity contribution >= 4 is 22.6 Å². The van der Waals surface area contributed by atoms with Gasteiger partial charge in [-0.2, -0.15) is 43.9 Å². The lowest BCUT2D eigenvalue weighted by Crippen LogP contribution is -2.83. The van der Waals surface area contributed by atoms with Crippen molar-refractivity contribution in [1.82, 2.24) is 0 Å². The standard InChI is InChI=1S/C8H4F11I/c9-3(1-2-20)4(10,11)6(14,15)8(18,19)7(16,17)5(3,12)13/h1-2H2. The maximum absolute atomic E-state index is 13.7. The zero-order chi connectivity index (χ0) is 16.4. The average molecular weight is 436 g/mol. The van der Waals surface area contributed by atoms with Crippen LogP contribution in [-0.2, 0) is 0 Å². The summed E-state index contributed by atoms with van der Waals surface area (Å²) in [7, 11) is 0. The summed E-state index contributed by atoms with van der Waals surface area (Å²) < 4.78 is 142. The second-order valence-electron chi connectivity index (χ2n) is 4.11. The second kappa shape index (κ2) is 4.24. The molecule has 1 saturated carbocycles. The van der Waals surface area contributed by atoms with Crippen LogP contribution in [0.2, 0.25) is 0 Å². The van der Waals surface area contributed by atoms with Crippen molar-refractivity contribution < 1.29 is 48.3 Å². The maximum Gasteiger partial charge on any atom is 0.384 e. The first-order valence-electron chi connectivity index (χ1n) is 4.70. The van der Waals surface area contributed by atoms with Gasteiger partial charge in [0.15, 0.2) is 0 Å². The highest BCUT2D eigenvalue weighted by Gasteiger charge is 3.00. The van der Waals surface area contributed by atoms with Crippen molar-refractivity contribution in [3.8, 4) is 0 Å². The Balaban J connectivity index is 3.73. The Morgan fingerprint density at radius 2 is 0.750 bits per heavy atom. The van der Waals surface area contributed by atoms with Crippen LogP contribution < -0.4 is 0 Å². The Bertz CT molecular complexity index is 371. The van der Waals surface area contributed by atoms with Crippen LogP contribution >= 0.6 is 22.6 Å². The van der Waals surface area contributed by atoms with E-state index in [9.17, 15) is 48.3 Å². The first kappa shape index (κ1) is 18.0. The molecule has 120 valence electrons. The molecule has 0 aliphatic heterocycles. The third kappa shape index (κ3) is 1.54. The molecule has 0 aromatic carbocycles. The third-order valence-corrected chi connectivity index (χ3v) is 3.55. The van der Waals surface area contributed by atoms with E-state index in [1.54, 1.807) is 0 Å². The summed E-state index contributed by atoms with van der Waals surface area (Å²) in [5.74, 6) is -34.4. The molecule has 0 saturated heterocycles. The van der Waals surface area contributed by atoms with E-state index in [-0.39, 0.29) is 0 Å². The van der Waals surface area contributed by atoms with E-state index in [1.807, 2.05) is 0 Å². The molecule has 0 aromatic rings. The van der Waals surface area contributed by atoms with Gasteiger partial charge in [0.1, 0.15) is 0 Å². The normalized spacial score (nSPS) is 31.8. The van der Waals surface area contributed by atoms with Crippen molar-refractivity contribution in [2.45, 2.75) is 41.7 Å². The van der Waals surface area contributed by atoms with Gasteiger partial charge in [-0.1, -0.05) is 22.6 Å². The van der Waals surface area contributed by atoms with Gasteiger partial charge in [0, 0.05) is 10.8 Å². The number of hydrogen-bond donors (Lipinski definition) is 0. The molecule has 0 N–H and O–H groups in total. The summed E-state index contributed by atoms with van der Waals surface area (Å²) in [5, 5.41) is 0. The van der Waals surface area contributed by atoms with E-state index in [0.717, 1.165) is 22.6 Å². The van der Waals surface area contributed by atoms with Gasteiger partial charge >= 0.3 is 29.6 Å². The first-order valence-corrected chi connectivity index (χ1v) is 6.23. The molecule has 1 fully saturated rings. The molecule has 1 rings (SSSR count). The summed E-state index contributed by atoms with van der Waals surface area (Å²) in [5.41, 5.74) is -5.81. The number of rotatable bonds is 2. The number of halogens is 12. The third-order valence-electron chi connectivity index (χ3n) is 3.01. The molecule has 0 nitrogen and oxygen atoms in total. The van der Waals surface area contributed by atoms with Crippen molar-refractivity contribution in [1.29, 1.82) is 0 Å². The Morgan fingerprint density at radius 3 is 1.00 bits per heavy atom. The van der Waals surface area contributed by atoms with E-state index in [2.05, 4.69) is 0 Å². The molecular weight excluding hydrogens is 432 g/mol. The van der Waals surface area contributed by atoms with Gasteiger partial charge in [-0.15, -0.1) is 0 Å². The lowest BCUT2D eigenvalue weighted by Gasteiger charge is -2.52. The molecule has 0 atom stereocenters. The fraction of sp³-hybridized carbons (Fsp3) is 1.00. The largest absolute Gasteiger partial charge is 0.384 e. The summed E-state index contributed by atoms with van der Waals surface area (Å²) in [4.78, 5) is 0. The van der Waals surface area contributed by atoms with Crippen molar-refractivity contribution in [2.75, 3.05) is 4.43 Å². The van der Waals surface area contributed by atoms with Gasteiger partial charge in [0.2, 0.25) is 5.67 Å². The SMILES string of the molecule is FC1(F)C(F)(F)C(F)(F)C(F)(CCI)C(F)(F)C1(F)F. The van der Waals surface area contributed by atoms with Gasteiger partial charge in [0.05, 0.1) is 0 Å². The highest BCUT2D eigenvalue weighted by Crippen LogP contribution is 2.70. The minimum Gasteiger partial charge on any atom is -0.230 e. The quantitative estimate of drug-likeness (QED) is 0.335. The zero-order valence-electron chi connectivity index (χ0n) is 8.95. The molecule has 0 aromatic heterocycles. The smallest absolute Gasteiger partial charge is 0.230 e. The first-order chi connectivity index (χ1) is 8.56. The van der Waals surface area contributed by atoms with Crippen LogP contribution in [0.1, 0.15) is 6.42 Å². The lowest BCUT2D eigenvalue weighted by atomic mass is 9.71. The highest BCUT2D eigenvalue weighted by atomic mass is 127. The summed E-state index contributed by atoms with van der Waals surface area (Å²) in [6.07, 6.45) is -2.16. The van der Waals surface area contributed by atoms with Crippen LogP contribution in [0, 0.1) is 0 Å². The summed E-state index contributed by atoms with van der Waals surface area (Å²) in [6, 6.07) is 0. The lowest BCUT2D eigenvalue weighted by molar-refractivity contribution is -0.485. The Hall–Kier alpha value is -0.0400. The zero-order valence-corrected chi connectivity index (χ0v) is 11.1. The minimum absolute atomic E-state index is 0.982. The minimum atomic E-state index is -7.12. The molecular formula is C8H4F11I. The van der Waals surface area contributed by atoms with Gasteiger partial charge in [-0.25, -0.2) is 4.39 Å². The Labute approximate surface area is 117 Å².